The van der Waals surface area contributed by atoms with E-state index in [4.69, 9.17) is 0 Å². The zero-order valence-corrected chi connectivity index (χ0v) is 16.8. The fourth-order valence-electron chi connectivity index (χ4n) is 2.29. The van der Waals surface area contributed by atoms with E-state index in [-0.39, 0.29) is 29.8 Å². The van der Waals surface area contributed by atoms with Crippen molar-refractivity contribution in [3.05, 3.63) is 48.3 Å². The van der Waals surface area contributed by atoms with Gasteiger partial charge in [0.1, 0.15) is 18.5 Å². The van der Waals surface area contributed by atoms with Crippen LogP contribution in [0.5, 0.6) is 0 Å². The Balaban J connectivity index is 0.00000312. The lowest BCUT2D eigenvalue weighted by atomic mass is 10.1. The zero-order chi connectivity index (χ0) is 17.0. The van der Waals surface area contributed by atoms with Crippen molar-refractivity contribution in [3.8, 4) is 0 Å². The highest BCUT2D eigenvalue weighted by molar-refractivity contribution is 14.0. The molecule has 2 aromatic rings. The molecule has 0 aliphatic rings. The molecule has 0 aliphatic heterocycles. The number of aliphatic imine (C=N–C) groups is 1. The van der Waals surface area contributed by atoms with Crippen molar-refractivity contribution in [3.63, 3.8) is 0 Å². The first-order valence-electron chi connectivity index (χ1n) is 8.37. The SMILES string of the molecule is CCNC(=NCCCCn1cnnc1)NCCc1ccccc1F.I. The van der Waals surface area contributed by atoms with Gasteiger partial charge in [0.05, 0.1) is 0 Å². The minimum atomic E-state index is -0.157. The second-order valence-electron chi connectivity index (χ2n) is 5.44. The molecule has 6 nitrogen and oxygen atoms in total. The molecule has 0 saturated carbocycles. The van der Waals surface area contributed by atoms with Gasteiger partial charge in [-0.2, -0.15) is 0 Å². The van der Waals surface area contributed by atoms with E-state index in [2.05, 4.69) is 25.8 Å². The summed E-state index contributed by atoms with van der Waals surface area (Å²) in [5, 5.41) is 14.0. The molecule has 8 heteroatoms. The molecule has 0 aliphatic carbocycles. The number of unbranched alkanes of at least 4 members (excludes halogenated alkanes) is 1. The molecule has 1 heterocycles. The molecule has 0 radical (unpaired) electrons. The maximum absolute atomic E-state index is 13.6. The van der Waals surface area contributed by atoms with Gasteiger partial charge in [0, 0.05) is 26.2 Å². The predicted molar refractivity (Wildman–Crippen MR) is 109 cm³/mol. The van der Waals surface area contributed by atoms with Crippen molar-refractivity contribution in [2.24, 2.45) is 4.99 Å². The van der Waals surface area contributed by atoms with Gasteiger partial charge in [-0.15, -0.1) is 34.2 Å². The average molecular weight is 460 g/mol. The number of aryl methyl sites for hydroxylation is 1. The van der Waals surface area contributed by atoms with E-state index >= 15 is 0 Å². The zero-order valence-electron chi connectivity index (χ0n) is 14.5. The lowest BCUT2D eigenvalue weighted by molar-refractivity contribution is 0.605. The van der Waals surface area contributed by atoms with E-state index in [0.717, 1.165) is 44.0 Å². The first kappa shape index (κ1) is 21.3. The summed E-state index contributed by atoms with van der Waals surface area (Å²) in [5.74, 6) is 0.619. The standard InChI is InChI=1S/C17H25FN6.HI/c1-2-19-17(20-10-5-6-12-24-13-22-23-14-24)21-11-9-15-7-3-4-8-16(15)18;/h3-4,7-8,13-14H,2,5-6,9-12H2,1H3,(H2,19,20,21);1H. The highest BCUT2D eigenvalue weighted by atomic mass is 127. The minimum Gasteiger partial charge on any atom is -0.357 e. The quantitative estimate of drug-likeness (QED) is 0.261. The van der Waals surface area contributed by atoms with Crippen molar-refractivity contribution in [1.29, 1.82) is 0 Å². The lowest BCUT2D eigenvalue weighted by Crippen LogP contribution is -2.38. The number of rotatable bonds is 9. The van der Waals surface area contributed by atoms with E-state index in [1.165, 1.54) is 6.07 Å². The van der Waals surface area contributed by atoms with Crippen LogP contribution in [0.1, 0.15) is 25.3 Å². The van der Waals surface area contributed by atoms with Crippen LogP contribution < -0.4 is 10.6 Å². The van der Waals surface area contributed by atoms with Gasteiger partial charge in [0.15, 0.2) is 5.96 Å². The Morgan fingerprint density at radius 1 is 1.16 bits per heavy atom. The van der Waals surface area contributed by atoms with Crippen LogP contribution in [0.2, 0.25) is 0 Å². The molecule has 0 fully saturated rings. The van der Waals surface area contributed by atoms with Crippen LogP contribution in [0.4, 0.5) is 4.39 Å². The Labute approximate surface area is 165 Å². The number of guanidine groups is 1. The second kappa shape index (κ2) is 12.6. The Morgan fingerprint density at radius 2 is 1.92 bits per heavy atom. The molecule has 1 aromatic heterocycles. The number of hydrogen-bond acceptors (Lipinski definition) is 3. The van der Waals surface area contributed by atoms with E-state index in [1.807, 2.05) is 23.6 Å². The van der Waals surface area contributed by atoms with Crippen molar-refractivity contribution in [2.45, 2.75) is 32.7 Å². The summed E-state index contributed by atoms with van der Waals surface area (Å²) in [6.07, 6.45) is 6.08. The summed E-state index contributed by atoms with van der Waals surface area (Å²) >= 11 is 0. The first-order valence-corrected chi connectivity index (χ1v) is 8.37. The third-order valence-corrected chi connectivity index (χ3v) is 3.55. The number of halogens is 2. The van der Waals surface area contributed by atoms with Crippen LogP contribution in [0.15, 0.2) is 41.9 Å². The summed E-state index contributed by atoms with van der Waals surface area (Å²) in [4.78, 5) is 4.55. The minimum absolute atomic E-state index is 0. The van der Waals surface area contributed by atoms with Gasteiger partial charge in [-0.3, -0.25) is 4.99 Å². The van der Waals surface area contributed by atoms with Crippen molar-refractivity contribution in [2.75, 3.05) is 19.6 Å². The number of nitrogens with one attached hydrogen (secondary N) is 2. The van der Waals surface area contributed by atoms with Gasteiger partial charge in [0.2, 0.25) is 0 Å². The maximum atomic E-state index is 13.6. The molecule has 0 spiro atoms. The van der Waals surface area contributed by atoms with Gasteiger partial charge in [-0.1, -0.05) is 18.2 Å². The molecule has 0 unspecified atom stereocenters. The monoisotopic (exact) mass is 460 g/mol. The molecule has 0 amide bonds. The highest BCUT2D eigenvalue weighted by Gasteiger charge is 2.01. The number of aromatic nitrogens is 3. The van der Waals surface area contributed by atoms with Crippen LogP contribution in [0.25, 0.3) is 0 Å². The van der Waals surface area contributed by atoms with Gasteiger partial charge in [0.25, 0.3) is 0 Å². The topological polar surface area (TPSA) is 67.1 Å². The predicted octanol–water partition coefficient (Wildman–Crippen LogP) is 2.61. The largest absolute Gasteiger partial charge is 0.357 e. The van der Waals surface area contributed by atoms with Crippen LogP contribution in [-0.4, -0.2) is 40.4 Å². The van der Waals surface area contributed by atoms with E-state index < -0.39 is 0 Å². The molecular weight excluding hydrogens is 434 g/mol. The molecule has 0 atom stereocenters. The van der Waals surface area contributed by atoms with Crippen LogP contribution >= 0.6 is 24.0 Å². The van der Waals surface area contributed by atoms with Crippen LogP contribution in [-0.2, 0) is 13.0 Å². The Kier molecular flexibility index (Phi) is 10.8. The highest BCUT2D eigenvalue weighted by Crippen LogP contribution is 2.06. The Morgan fingerprint density at radius 3 is 2.64 bits per heavy atom. The molecule has 2 N–H and O–H groups in total. The van der Waals surface area contributed by atoms with Crippen molar-refractivity contribution >= 4 is 29.9 Å². The first-order chi connectivity index (χ1) is 11.8. The van der Waals surface area contributed by atoms with Gasteiger partial charge >= 0.3 is 0 Å². The number of benzene rings is 1. The fourth-order valence-corrected chi connectivity index (χ4v) is 2.29. The summed E-state index contributed by atoms with van der Waals surface area (Å²) in [5.41, 5.74) is 0.717. The fraction of sp³-hybridized carbons (Fsp3) is 0.471. The maximum Gasteiger partial charge on any atom is 0.191 e. The summed E-state index contributed by atoms with van der Waals surface area (Å²) in [6, 6.07) is 6.86. The Bertz CT molecular complexity index is 617. The third kappa shape index (κ3) is 8.28. The molecule has 2 rings (SSSR count). The normalized spacial score (nSPS) is 11.0. The smallest absolute Gasteiger partial charge is 0.191 e. The van der Waals surface area contributed by atoms with Crippen LogP contribution in [0, 0.1) is 5.82 Å². The number of nitrogens with zero attached hydrogens (tertiary/aromatic N) is 4. The van der Waals surface area contributed by atoms with Crippen molar-refractivity contribution < 1.29 is 4.39 Å². The number of hydrogen-bond donors (Lipinski definition) is 2. The molecule has 1 aromatic carbocycles. The van der Waals surface area contributed by atoms with E-state index in [1.54, 1.807) is 18.7 Å². The second-order valence-corrected chi connectivity index (χ2v) is 5.44. The molecule has 0 saturated heterocycles. The third-order valence-electron chi connectivity index (χ3n) is 3.55. The van der Waals surface area contributed by atoms with Gasteiger partial charge in [-0.25, -0.2) is 4.39 Å². The van der Waals surface area contributed by atoms with Gasteiger partial charge in [-0.05, 0) is 37.8 Å². The summed E-state index contributed by atoms with van der Waals surface area (Å²) in [6.45, 7) is 5.12. The van der Waals surface area contributed by atoms with Gasteiger partial charge < -0.3 is 15.2 Å². The average Bonchev–Trinajstić information content (AvgIpc) is 3.09. The van der Waals surface area contributed by atoms with Crippen molar-refractivity contribution in [1.82, 2.24) is 25.4 Å². The molecule has 138 valence electrons. The summed E-state index contributed by atoms with van der Waals surface area (Å²) in [7, 11) is 0. The lowest BCUT2D eigenvalue weighted by Gasteiger charge is -2.11. The molecule has 0 bridgehead atoms. The van der Waals surface area contributed by atoms with Crippen LogP contribution in [0.3, 0.4) is 0 Å². The van der Waals surface area contributed by atoms with E-state index in [0.29, 0.717) is 13.0 Å². The van der Waals surface area contributed by atoms with E-state index in [9.17, 15) is 4.39 Å². The summed E-state index contributed by atoms with van der Waals surface area (Å²) < 4.78 is 15.5. The molecular formula is C17H26FIN6. The molecule has 25 heavy (non-hydrogen) atoms. The Hall–Kier alpha value is -1.71.